The zero-order valence-electron chi connectivity index (χ0n) is 11.2. The number of aliphatic hydroxyl groups is 2. The molecule has 0 heterocycles. The largest absolute Gasteiger partial charge is 0.421 e. The zero-order chi connectivity index (χ0) is 13.5. The van der Waals surface area contributed by atoms with Crippen LogP contribution in [0, 0.1) is 5.41 Å². The Morgan fingerprint density at radius 2 is 2.06 bits per heavy atom. The molecule has 0 aliphatic carbocycles. The molecule has 1 atom stereocenters. The van der Waals surface area contributed by atoms with Gasteiger partial charge in [0.1, 0.15) is 6.10 Å². The lowest BCUT2D eigenvalue weighted by Crippen LogP contribution is -2.45. The summed E-state index contributed by atoms with van der Waals surface area (Å²) in [5.74, 6) is -0.439. The fourth-order valence-electron chi connectivity index (χ4n) is 1.14. The van der Waals surface area contributed by atoms with Gasteiger partial charge in [0.05, 0.1) is 6.61 Å². The Labute approximate surface area is 105 Å². The van der Waals surface area contributed by atoms with Gasteiger partial charge >= 0.3 is 0 Å². The van der Waals surface area contributed by atoms with E-state index in [2.05, 4.69) is 18.4 Å². The van der Waals surface area contributed by atoms with Crippen LogP contribution in [0.1, 0.15) is 20.3 Å². The third-order valence-electron chi connectivity index (χ3n) is 2.47. The van der Waals surface area contributed by atoms with E-state index in [-0.39, 0.29) is 6.61 Å². The van der Waals surface area contributed by atoms with Crippen LogP contribution in [0.15, 0.2) is 0 Å². The molecule has 0 fully saturated rings. The van der Waals surface area contributed by atoms with Crippen molar-refractivity contribution in [1.29, 1.82) is 0 Å². The van der Waals surface area contributed by atoms with Crippen LogP contribution in [0.4, 0.5) is 0 Å². The van der Waals surface area contributed by atoms with E-state index in [1.807, 2.05) is 0 Å². The van der Waals surface area contributed by atoms with Crippen LogP contribution < -0.4 is 5.32 Å². The second-order valence-corrected chi connectivity index (χ2v) is 7.54. The highest BCUT2D eigenvalue weighted by atomic mass is 28.3. The number of aliphatic hydroxyl groups excluding tert-OH is 2. The molecule has 3 N–H and O–H groups in total. The topological polar surface area (TPSA) is 78.8 Å². The molecule has 0 aromatic carbocycles. The molecule has 0 aromatic rings. The molecule has 1 unspecified atom stereocenters. The van der Waals surface area contributed by atoms with Gasteiger partial charge in [0, 0.05) is 18.6 Å². The fourth-order valence-corrected chi connectivity index (χ4v) is 1.78. The molecule has 102 valence electrons. The van der Waals surface area contributed by atoms with Gasteiger partial charge in [-0.2, -0.15) is 0 Å². The molecule has 0 rings (SSSR count). The zero-order valence-corrected chi connectivity index (χ0v) is 12.3. The van der Waals surface area contributed by atoms with Crippen molar-refractivity contribution in [2.75, 3.05) is 19.8 Å². The second-order valence-electron chi connectivity index (χ2n) is 5.11. The standard InChI is InChI=1S/C11H25NO4Si/c1-11(2,8-13)9(14)10(15)12-6-5-7-16-17(3)4/h9,13-14,17H,5-8H2,1-4H3,(H,12,15). The van der Waals surface area contributed by atoms with Crippen LogP contribution in [0.2, 0.25) is 13.1 Å². The van der Waals surface area contributed by atoms with Crippen molar-refractivity contribution in [2.45, 2.75) is 39.5 Å². The maximum Gasteiger partial charge on any atom is 0.249 e. The van der Waals surface area contributed by atoms with Gasteiger partial charge in [-0.15, -0.1) is 0 Å². The van der Waals surface area contributed by atoms with Crippen LogP contribution in [0.3, 0.4) is 0 Å². The normalized spacial score (nSPS) is 13.8. The van der Waals surface area contributed by atoms with Gasteiger partial charge in [-0.1, -0.05) is 13.8 Å². The van der Waals surface area contributed by atoms with E-state index in [1.165, 1.54) is 0 Å². The third kappa shape index (κ3) is 6.77. The molecule has 6 heteroatoms. The van der Waals surface area contributed by atoms with Crippen LogP contribution in [-0.2, 0) is 9.22 Å². The molecule has 5 nitrogen and oxygen atoms in total. The predicted octanol–water partition coefficient (Wildman–Crippen LogP) is -0.128. The van der Waals surface area contributed by atoms with Crippen LogP contribution in [-0.4, -0.2) is 51.0 Å². The summed E-state index contributed by atoms with van der Waals surface area (Å²) in [6.07, 6.45) is -0.448. The Morgan fingerprint density at radius 1 is 1.47 bits per heavy atom. The predicted molar refractivity (Wildman–Crippen MR) is 69.3 cm³/mol. The summed E-state index contributed by atoms with van der Waals surface area (Å²) < 4.78 is 5.46. The number of rotatable bonds is 8. The van der Waals surface area contributed by atoms with Crippen molar-refractivity contribution >= 4 is 14.9 Å². The Bertz CT molecular complexity index is 234. The smallest absolute Gasteiger partial charge is 0.249 e. The summed E-state index contributed by atoms with van der Waals surface area (Å²) in [7, 11) is -0.985. The average Bonchev–Trinajstić information content (AvgIpc) is 2.26. The molecule has 17 heavy (non-hydrogen) atoms. The number of amides is 1. The van der Waals surface area contributed by atoms with E-state index < -0.39 is 26.5 Å². The first-order valence-electron chi connectivity index (χ1n) is 5.99. The van der Waals surface area contributed by atoms with Crippen molar-refractivity contribution < 1.29 is 19.4 Å². The Hall–Kier alpha value is -0.433. The Morgan fingerprint density at radius 3 is 2.53 bits per heavy atom. The van der Waals surface area contributed by atoms with Gasteiger partial charge in [0.15, 0.2) is 9.04 Å². The van der Waals surface area contributed by atoms with E-state index in [0.29, 0.717) is 13.2 Å². The first-order chi connectivity index (χ1) is 7.81. The summed E-state index contributed by atoms with van der Waals surface area (Å²) in [5, 5.41) is 21.4. The van der Waals surface area contributed by atoms with Gasteiger partial charge < -0.3 is 20.0 Å². The highest BCUT2D eigenvalue weighted by Crippen LogP contribution is 2.19. The van der Waals surface area contributed by atoms with E-state index >= 15 is 0 Å². The quantitative estimate of drug-likeness (QED) is 0.421. The molecule has 0 saturated carbocycles. The SMILES string of the molecule is C[SiH](C)OCCCNC(=O)C(O)C(C)(C)CO. The van der Waals surface area contributed by atoms with Crippen molar-refractivity contribution in [3.8, 4) is 0 Å². The highest BCUT2D eigenvalue weighted by Gasteiger charge is 2.32. The van der Waals surface area contributed by atoms with Crippen molar-refractivity contribution in [1.82, 2.24) is 5.32 Å². The van der Waals surface area contributed by atoms with E-state index in [9.17, 15) is 9.90 Å². The summed E-state index contributed by atoms with van der Waals surface area (Å²) in [6, 6.07) is 0. The van der Waals surface area contributed by atoms with Crippen LogP contribution in [0.25, 0.3) is 0 Å². The monoisotopic (exact) mass is 263 g/mol. The lowest BCUT2D eigenvalue weighted by molar-refractivity contribution is -0.137. The molecule has 1 amide bonds. The minimum atomic E-state index is -1.19. The highest BCUT2D eigenvalue weighted by molar-refractivity contribution is 6.48. The van der Waals surface area contributed by atoms with Gasteiger partial charge in [0.25, 0.3) is 0 Å². The number of carbonyl (C=O) groups excluding carboxylic acids is 1. The van der Waals surface area contributed by atoms with E-state index in [4.69, 9.17) is 9.53 Å². The van der Waals surface area contributed by atoms with Crippen molar-refractivity contribution in [3.63, 3.8) is 0 Å². The number of nitrogens with one attached hydrogen (secondary N) is 1. The molecule has 0 aliphatic heterocycles. The minimum Gasteiger partial charge on any atom is -0.421 e. The summed E-state index contributed by atoms with van der Waals surface area (Å²) >= 11 is 0. The fraction of sp³-hybridized carbons (Fsp3) is 0.909. The number of hydrogen-bond donors (Lipinski definition) is 3. The molecule has 0 aromatic heterocycles. The summed E-state index contributed by atoms with van der Waals surface area (Å²) in [4.78, 5) is 11.5. The molecule has 0 radical (unpaired) electrons. The third-order valence-corrected chi connectivity index (χ3v) is 3.37. The van der Waals surface area contributed by atoms with Crippen LogP contribution in [0.5, 0.6) is 0 Å². The molecular formula is C11H25NO4Si. The van der Waals surface area contributed by atoms with Crippen molar-refractivity contribution in [3.05, 3.63) is 0 Å². The average molecular weight is 263 g/mol. The Balaban J connectivity index is 3.79. The van der Waals surface area contributed by atoms with Gasteiger partial charge in [-0.25, -0.2) is 0 Å². The first kappa shape index (κ1) is 16.6. The summed E-state index contributed by atoms with van der Waals surface area (Å²) in [5.41, 5.74) is -0.814. The maximum absolute atomic E-state index is 11.5. The lowest BCUT2D eigenvalue weighted by atomic mass is 9.87. The summed E-state index contributed by atoms with van der Waals surface area (Å²) in [6.45, 7) is 8.36. The Kier molecular flexibility index (Phi) is 7.61. The van der Waals surface area contributed by atoms with Gasteiger partial charge in [0.2, 0.25) is 5.91 Å². The number of carbonyl (C=O) groups is 1. The van der Waals surface area contributed by atoms with Gasteiger partial charge in [-0.3, -0.25) is 4.79 Å². The molecule has 0 saturated heterocycles. The second kappa shape index (κ2) is 7.81. The first-order valence-corrected chi connectivity index (χ1v) is 8.77. The van der Waals surface area contributed by atoms with Gasteiger partial charge in [-0.05, 0) is 19.5 Å². The molecular weight excluding hydrogens is 238 g/mol. The minimum absolute atomic E-state index is 0.232. The van der Waals surface area contributed by atoms with Crippen molar-refractivity contribution in [2.24, 2.45) is 5.41 Å². The molecule has 0 aliphatic rings. The lowest BCUT2D eigenvalue weighted by Gasteiger charge is -2.27. The van der Waals surface area contributed by atoms with Crippen LogP contribution >= 0.6 is 0 Å². The number of hydrogen-bond acceptors (Lipinski definition) is 4. The van der Waals surface area contributed by atoms with E-state index in [1.54, 1.807) is 13.8 Å². The molecule has 0 bridgehead atoms. The maximum atomic E-state index is 11.5. The molecule has 0 spiro atoms. The van der Waals surface area contributed by atoms with E-state index in [0.717, 1.165) is 6.42 Å².